The Balaban J connectivity index is 1.78. The van der Waals surface area contributed by atoms with Crippen LogP contribution in [-0.2, 0) is 23.7 Å². The summed E-state index contributed by atoms with van der Waals surface area (Å²) in [5.74, 6) is 0.617. The van der Waals surface area contributed by atoms with E-state index >= 15 is 0 Å². The van der Waals surface area contributed by atoms with Gasteiger partial charge in [-0.1, -0.05) is 32.0 Å². The highest BCUT2D eigenvalue weighted by atomic mass is 16.6. The van der Waals surface area contributed by atoms with Gasteiger partial charge < -0.3 is 23.7 Å². The lowest BCUT2D eigenvalue weighted by molar-refractivity contribution is -0.149. The van der Waals surface area contributed by atoms with Crippen molar-refractivity contribution >= 4 is 5.97 Å². The third-order valence-electron chi connectivity index (χ3n) is 3.47. The fraction of sp³-hybridized carbons (Fsp3) is 0.632. The summed E-state index contributed by atoms with van der Waals surface area (Å²) in [5, 5.41) is 0. The van der Waals surface area contributed by atoms with Crippen LogP contribution in [0.4, 0.5) is 0 Å². The number of hydrogen-bond acceptors (Lipinski definition) is 6. The van der Waals surface area contributed by atoms with E-state index in [-0.39, 0.29) is 18.5 Å². The van der Waals surface area contributed by atoms with Crippen molar-refractivity contribution in [3.8, 4) is 5.75 Å². The van der Waals surface area contributed by atoms with E-state index in [1.807, 2.05) is 44.2 Å². The molecule has 0 spiro atoms. The first-order valence-corrected chi connectivity index (χ1v) is 8.81. The van der Waals surface area contributed by atoms with E-state index in [0.717, 1.165) is 12.2 Å². The molecule has 1 rings (SSSR count). The van der Waals surface area contributed by atoms with Crippen molar-refractivity contribution in [1.29, 1.82) is 0 Å². The van der Waals surface area contributed by atoms with Gasteiger partial charge in [0.1, 0.15) is 19.0 Å². The minimum absolute atomic E-state index is 0.0542. The molecule has 0 saturated carbocycles. The fourth-order valence-corrected chi connectivity index (χ4v) is 1.79. The number of carbonyl (C=O) groups is 1. The average Bonchev–Trinajstić information content (AvgIpc) is 2.65. The summed E-state index contributed by atoms with van der Waals surface area (Å²) < 4.78 is 26.7. The first-order chi connectivity index (χ1) is 12.2. The van der Waals surface area contributed by atoms with Crippen LogP contribution in [0.25, 0.3) is 0 Å². The van der Waals surface area contributed by atoms with Gasteiger partial charge in [0.15, 0.2) is 0 Å². The van der Waals surface area contributed by atoms with Crippen LogP contribution in [0.1, 0.15) is 20.3 Å². The molecule has 25 heavy (non-hydrogen) atoms. The Hall–Kier alpha value is -1.63. The fourth-order valence-electron chi connectivity index (χ4n) is 1.79. The normalized spacial score (nSPS) is 11.9. The first-order valence-electron chi connectivity index (χ1n) is 8.81. The summed E-state index contributed by atoms with van der Waals surface area (Å²) >= 11 is 0. The Bertz CT molecular complexity index is 437. The molecule has 1 unspecified atom stereocenters. The van der Waals surface area contributed by atoms with Crippen LogP contribution >= 0.6 is 0 Å². The smallest absolute Gasteiger partial charge is 0.308 e. The lowest BCUT2D eigenvalue weighted by Crippen LogP contribution is -2.18. The van der Waals surface area contributed by atoms with Crippen LogP contribution < -0.4 is 4.74 Å². The van der Waals surface area contributed by atoms with Crippen molar-refractivity contribution in [2.45, 2.75) is 20.3 Å². The number of hydrogen-bond donors (Lipinski definition) is 0. The Morgan fingerprint density at radius 1 is 0.840 bits per heavy atom. The second kappa shape index (κ2) is 14.7. The third-order valence-corrected chi connectivity index (χ3v) is 3.47. The maximum Gasteiger partial charge on any atom is 0.308 e. The predicted octanol–water partition coefficient (Wildman–Crippen LogP) is 2.70. The number of rotatable bonds is 15. The van der Waals surface area contributed by atoms with Gasteiger partial charge in [0.05, 0.1) is 45.6 Å². The quantitative estimate of drug-likeness (QED) is 0.356. The van der Waals surface area contributed by atoms with Gasteiger partial charge in [-0.3, -0.25) is 4.79 Å². The number of esters is 1. The van der Waals surface area contributed by atoms with Crippen molar-refractivity contribution in [1.82, 2.24) is 0 Å². The standard InChI is InChI=1S/C19H30O6/c1-3-17(2)19(20)25-16-14-23-12-10-21-9-11-22-13-15-24-18-7-5-4-6-8-18/h4-8,17H,3,9-16H2,1-2H3. The Morgan fingerprint density at radius 2 is 1.36 bits per heavy atom. The number of benzene rings is 1. The summed E-state index contributed by atoms with van der Waals surface area (Å²) in [6, 6.07) is 9.64. The highest BCUT2D eigenvalue weighted by Gasteiger charge is 2.10. The highest BCUT2D eigenvalue weighted by molar-refractivity contribution is 5.71. The molecule has 0 N–H and O–H groups in total. The second-order valence-electron chi connectivity index (χ2n) is 5.48. The van der Waals surface area contributed by atoms with Crippen LogP contribution in [0.3, 0.4) is 0 Å². The molecular formula is C19H30O6. The molecule has 1 aromatic carbocycles. The summed E-state index contributed by atoms with van der Waals surface area (Å²) in [6.07, 6.45) is 0.786. The first kappa shape index (κ1) is 21.4. The van der Waals surface area contributed by atoms with E-state index in [0.29, 0.717) is 46.2 Å². The largest absolute Gasteiger partial charge is 0.491 e. The lowest BCUT2D eigenvalue weighted by atomic mass is 10.1. The van der Waals surface area contributed by atoms with Gasteiger partial charge >= 0.3 is 5.97 Å². The minimum atomic E-state index is -0.171. The van der Waals surface area contributed by atoms with Gasteiger partial charge in [-0.2, -0.15) is 0 Å². The Kier molecular flexibility index (Phi) is 12.6. The zero-order chi connectivity index (χ0) is 18.2. The van der Waals surface area contributed by atoms with E-state index in [9.17, 15) is 4.79 Å². The summed E-state index contributed by atoms with van der Waals surface area (Å²) in [4.78, 5) is 11.4. The summed E-state index contributed by atoms with van der Waals surface area (Å²) in [6.45, 7) is 7.52. The molecule has 6 nitrogen and oxygen atoms in total. The van der Waals surface area contributed by atoms with Crippen LogP contribution in [0.15, 0.2) is 30.3 Å². The number of carbonyl (C=O) groups excluding carboxylic acids is 1. The van der Waals surface area contributed by atoms with Gasteiger partial charge in [-0.05, 0) is 18.6 Å². The Morgan fingerprint density at radius 3 is 1.92 bits per heavy atom. The van der Waals surface area contributed by atoms with E-state index < -0.39 is 0 Å². The molecule has 0 aliphatic carbocycles. The zero-order valence-electron chi connectivity index (χ0n) is 15.3. The molecule has 1 atom stereocenters. The predicted molar refractivity (Wildman–Crippen MR) is 94.8 cm³/mol. The van der Waals surface area contributed by atoms with E-state index in [2.05, 4.69) is 0 Å². The Labute approximate surface area is 150 Å². The number of para-hydroxylation sites is 1. The molecule has 0 amide bonds. The maximum absolute atomic E-state index is 11.4. The molecule has 0 aliphatic heterocycles. The second-order valence-corrected chi connectivity index (χ2v) is 5.48. The van der Waals surface area contributed by atoms with Crippen LogP contribution in [-0.4, -0.2) is 58.8 Å². The monoisotopic (exact) mass is 354 g/mol. The minimum Gasteiger partial charge on any atom is -0.491 e. The number of ether oxygens (including phenoxy) is 5. The van der Waals surface area contributed by atoms with Gasteiger partial charge in [0.2, 0.25) is 0 Å². The van der Waals surface area contributed by atoms with Crippen LogP contribution in [0, 0.1) is 5.92 Å². The molecule has 0 heterocycles. The average molecular weight is 354 g/mol. The third kappa shape index (κ3) is 11.5. The molecule has 0 fully saturated rings. The molecule has 0 aromatic heterocycles. The topological polar surface area (TPSA) is 63.2 Å². The zero-order valence-corrected chi connectivity index (χ0v) is 15.3. The van der Waals surface area contributed by atoms with Crippen molar-refractivity contribution in [2.24, 2.45) is 5.92 Å². The van der Waals surface area contributed by atoms with Crippen molar-refractivity contribution in [3.05, 3.63) is 30.3 Å². The van der Waals surface area contributed by atoms with E-state index in [1.165, 1.54) is 0 Å². The van der Waals surface area contributed by atoms with Gasteiger partial charge in [0, 0.05) is 0 Å². The highest BCUT2D eigenvalue weighted by Crippen LogP contribution is 2.07. The summed E-state index contributed by atoms with van der Waals surface area (Å²) in [7, 11) is 0. The molecule has 0 radical (unpaired) electrons. The molecule has 0 aliphatic rings. The van der Waals surface area contributed by atoms with Gasteiger partial charge in [-0.15, -0.1) is 0 Å². The van der Waals surface area contributed by atoms with Crippen molar-refractivity contribution < 1.29 is 28.5 Å². The van der Waals surface area contributed by atoms with Crippen molar-refractivity contribution in [3.63, 3.8) is 0 Å². The van der Waals surface area contributed by atoms with Gasteiger partial charge in [0.25, 0.3) is 0 Å². The molecule has 1 aromatic rings. The maximum atomic E-state index is 11.4. The lowest BCUT2D eigenvalue weighted by Gasteiger charge is -2.10. The van der Waals surface area contributed by atoms with E-state index in [1.54, 1.807) is 0 Å². The molecule has 0 bridgehead atoms. The summed E-state index contributed by atoms with van der Waals surface area (Å²) in [5.41, 5.74) is 0. The van der Waals surface area contributed by atoms with Gasteiger partial charge in [-0.25, -0.2) is 0 Å². The van der Waals surface area contributed by atoms with Crippen LogP contribution in [0.2, 0.25) is 0 Å². The van der Waals surface area contributed by atoms with Crippen molar-refractivity contribution in [2.75, 3.05) is 52.9 Å². The van der Waals surface area contributed by atoms with E-state index in [4.69, 9.17) is 23.7 Å². The molecular weight excluding hydrogens is 324 g/mol. The van der Waals surface area contributed by atoms with Crippen LogP contribution in [0.5, 0.6) is 5.75 Å². The molecule has 142 valence electrons. The molecule has 0 saturated heterocycles. The SMILES string of the molecule is CCC(C)C(=O)OCCOCCOCCOCCOc1ccccc1. The molecule has 6 heteroatoms.